The Balaban J connectivity index is 1.46. The van der Waals surface area contributed by atoms with Gasteiger partial charge in [-0.25, -0.2) is 4.79 Å². The van der Waals surface area contributed by atoms with Crippen LogP contribution in [0.3, 0.4) is 0 Å². The van der Waals surface area contributed by atoms with E-state index in [0.29, 0.717) is 30.2 Å². The molecular weight excluding hydrogens is 328 g/mol. The molecule has 0 saturated carbocycles. The number of nitrogens with one attached hydrogen (secondary N) is 2. The molecule has 1 aromatic carbocycles. The van der Waals surface area contributed by atoms with E-state index in [1.807, 2.05) is 5.38 Å². The van der Waals surface area contributed by atoms with Crippen LogP contribution >= 0.6 is 11.3 Å². The van der Waals surface area contributed by atoms with Crippen LogP contribution in [0.5, 0.6) is 11.5 Å². The molecule has 1 aromatic heterocycles. The number of benzene rings is 1. The van der Waals surface area contributed by atoms with E-state index in [4.69, 9.17) is 9.47 Å². The van der Waals surface area contributed by atoms with Crippen molar-refractivity contribution in [3.63, 3.8) is 0 Å². The SMILES string of the molecule is O=C(NCC[C@@H](CCO)c1ccsc1)Nc1ccc2c(c1)OCO2. The summed E-state index contributed by atoms with van der Waals surface area (Å²) < 4.78 is 10.5. The Bertz CT molecular complexity index is 675. The Kier molecular flexibility index (Phi) is 5.55. The molecule has 7 heteroatoms. The minimum atomic E-state index is -0.262. The molecular formula is C17H20N2O4S. The van der Waals surface area contributed by atoms with Gasteiger partial charge in [0.25, 0.3) is 0 Å². The van der Waals surface area contributed by atoms with Crippen molar-refractivity contribution in [2.75, 3.05) is 25.3 Å². The Morgan fingerprint density at radius 2 is 2.12 bits per heavy atom. The van der Waals surface area contributed by atoms with E-state index in [9.17, 15) is 9.90 Å². The summed E-state index contributed by atoms with van der Waals surface area (Å²) in [5, 5.41) is 18.9. The topological polar surface area (TPSA) is 79.8 Å². The minimum absolute atomic E-state index is 0.143. The van der Waals surface area contributed by atoms with Crippen LogP contribution in [-0.4, -0.2) is 31.1 Å². The highest BCUT2D eigenvalue weighted by molar-refractivity contribution is 7.07. The van der Waals surface area contributed by atoms with Gasteiger partial charge in [0.05, 0.1) is 0 Å². The predicted octanol–water partition coefficient (Wildman–Crippen LogP) is 3.15. The number of carbonyl (C=O) groups is 1. The van der Waals surface area contributed by atoms with Crippen molar-refractivity contribution >= 4 is 23.1 Å². The third kappa shape index (κ3) is 4.18. The molecule has 2 aromatic rings. The largest absolute Gasteiger partial charge is 0.454 e. The lowest BCUT2D eigenvalue weighted by atomic mass is 9.95. The summed E-state index contributed by atoms with van der Waals surface area (Å²) in [6.07, 6.45) is 1.48. The molecule has 1 atom stereocenters. The molecule has 0 spiro atoms. The molecule has 0 fully saturated rings. The molecule has 2 heterocycles. The van der Waals surface area contributed by atoms with Crippen molar-refractivity contribution < 1.29 is 19.4 Å². The highest BCUT2D eigenvalue weighted by Crippen LogP contribution is 2.34. The van der Waals surface area contributed by atoms with E-state index >= 15 is 0 Å². The molecule has 6 nitrogen and oxygen atoms in total. The summed E-state index contributed by atoms with van der Waals surface area (Å²) in [6.45, 7) is 0.890. The van der Waals surface area contributed by atoms with Crippen LogP contribution in [0, 0.1) is 0 Å². The number of urea groups is 1. The molecule has 0 radical (unpaired) electrons. The molecule has 2 amide bonds. The molecule has 0 saturated heterocycles. The zero-order valence-electron chi connectivity index (χ0n) is 13.2. The van der Waals surface area contributed by atoms with Crippen molar-refractivity contribution in [1.82, 2.24) is 5.32 Å². The highest BCUT2D eigenvalue weighted by atomic mass is 32.1. The number of thiophene rings is 1. The van der Waals surface area contributed by atoms with Crippen molar-refractivity contribution in [2.45, 2.75) is 18.8 Å². The second kappa shape index (κ2) is 8.03. The third-order valence-electron chi connectivity index (χ3n) is 3.90. The van der Waals surface area contributed by atoms with Crippen LogP contribution in [0.25, 0.3) is 0 Å². The van der Waals surface area contributed by atoms with Gasteiger partial charge < -0.3 is 25.2 Å². The monoisotopic (exact) mass is 348 g/mol. The first kappa shape index (κ1) is 16.6. The van der Waals surface area contributed by atoms with Gasteiger partial charge in [-0.05, 0) is 53.3 Å². The van der Waals surface area contributed by atoms with E-state index in [-0.39, 0.29) is 25.3 Å². The summed E-state index contributed by atoms with van der Waals surface area (Å²) in [5.74, 6) is 1.57. The predicted molar refractivity (Wildman–Crippen MR) is 93.0 cm³/mol. The number of carbonyl (C=O) groups excluding carboxylic acids is 1. The van der Waals surface area contributed by atoms with Crippen LogP contribution in [0.4, 0.5) is 10.5 Å². The van der Waals surface area contributed by atoms with Gasteiger partial charge >= 0.3 is 6.03 Å². The van der Waals surface area contributed by atoms with E-state index in [1.54, 1.807) is 29.5 Å². The van der Waals surface area contributed by atoms with Crippen molar-refractivity contribution in [3.05, 3.63) is 40.6 Å². The third-order valence-corrected chi connectivity index (χ3v) is 4.60. The maximum Gasteiger partial charge on any atom is 0.319 e. The van der Waals surface area contributed by atoms with Crippen LogP contribution in [0.15, 0.2) is 35.0 Å². The number of aliphatic hydroxyl groups excluding tert-OH is 1. The Hall–Kier alpha value is -2.25. The summed E-state index contributed by atoms with van der Waals surface area (Å²) >= 11 is 1.64. The molecule has 0 aliphatic carbocycles. The summed E-state index contributed by atoms with van der Waals surface area (Å²) in [7, 11) is 0. The van der Waals surface area contributed by atoms with Gasteiger partial charge in [0.2, 0.25) is 6.79 Å². The number of aliphatic hydroxyl groups is 1. The number of amides is 2. The lowest BCUT2D eigenvalue weighted by Crippen LogP contribution is -2.30. The lowest BCUT2D eigenvalue weighted by molar-refractivity contribution is 0.174. The van der Waals surface area contributed by atoms with Crippen LogP contribution in [-0.2, 0) is 0 Å². The van der Waals surface area contributed by atoms with Crippen molar-refractivity contribution in [3.8, 4) is 11.5 Å². The first-order valence-corrected chi connectivity index (χ1v) is 8.78. The van der Waals surface area contributed by atoms with E-state index in [1.165, 1.54) is 5.56 Å². The van der Waals surface area contributed by atoms with E-state index in [0.717, 1.165) is 6.42 Å². The molecule has 1 aliphatic rings. The van der Waals surface area contributed by atoms with Gasteiger partial charge in [-0.3, -0.25) is 0 Å². The van der Waals surface area contributed by atoms with E-state index in [2.05, 4.69) is 22.1 Å². The molecule has 128 valence electrons. The smallest absolute Gasteiger partial charge is 0.319 e. The zero-order chi connectivity index (χ0) is 16.8. The summed E-state index contributed by atoms with van der Waals surface area (Å²) in [5.41, 5.74) is 1.87. The second-order valence-electron chi connectivity index (χ2n) is 5.50. The second-order valence-corrected chi connectivity index (χ2v) is 6.28. The Morgan fingerprint density at radius 1 is 1.25 bits per heavy atom. The summed E-state index contributed by atoms with van der Waals surface area (Å²) in [4.78, 5) is 12.0. The Morgan fingerprint density at radius 3 is 2.92 bits per heavy atom. The molecule has 1 aliphatic heterocycles. The summed E-state index contributed by atoms with van der Waals surface area (Å²) in [6, 6.07) is 7.08. The van der Waals surface area contributed by atoms with Gasteiger partial charge in [0.15, 0.2) is 11.5 Å². The molecule has 0 bridgehead atoms. The van der Waals surface area contributed by atoms with Gasteiger partial charge in [0.1, 0.15) is 0 Å². The quantitative estimate of drug-likeness (QED) is 0.718. The first-order chi connectivity index (χ1) is 11.8. The van der Waals surface area contributed by atoms with E-state index < -0.39 is 0 Å². The van der Waals surface area contributed by atoms with Crippen LogP contribution in [0.2, 0.25) is 0 Å². The fraction of sp³-hybridized carbons (Fsp3) is 0.353. The standard InChI is InChI=1S/C17H20N2O4S/c20-7-4-12(13-5-8-24-10-13)3-6-18-17(21)19-14-1-2-15-16(9-14)23-11-22-15/h1-2,5,8-10,12,20H,3-4,6-7,11H2,(H2,18,19,21)/t12-/m0/s1. The number of fused-ring (bicyclic) bond motifs is 1. The maximum absolute atomic E-state index is 12.0. The number of ether oxygens (including phenoxy) is 2. The number of hydrogen-bond acceptors (Lipinski definition) is 5. The molecule has 3 rings (SSSR count). The average Bonchev–Trinajstić information content (AvgIpc) is 3.25. The van der Waals surface area contributed by atoms with Gasteiger partial charge in [-0.2, -0.15) is 11.3 Å². The van der Waals surface area contributed by atoms with Crippen molar-refractivity contribution in [2.24, 2.45) is 0 Å². The van der Waals surface area contributed by atoms with Gasteiger partial charge in [-0.15, -0.1) is 0 Å². The number of rotatable bonds is 7. The zero-order valence-corrected chi connectivity index (χ0v) is 14.0. The first-order valence-electron chi connectivity index (χ1n) is 7.83. The maximum atomic E-state index is 12.0. The lowest BCUT2D eigenvalue weighted by Gasteiger charge is -2.15. The van der Waals surface area contributed by atoms with Gasteiger partial charge in [-0.1, -0.05) is 0 Å². The Labute approximate surface area is 144 Å². The highest BCUT2D eigenvalue weighted by Gasteiger charge is 2.15. The van der Waals surface area contributed by atoms with Gasteiger partial charge in [0, 0.05) is 24.9 Å². The molecule has 24 heavy (non-hydrogen) atoms. The molecule has 0 unspecified atom stereocenters. The normalized spacial score (nSPS) is 13.5. The fourth-order valence-corrected chi connectivity index (χ4v) is 3.39. The number of anilines is 1. The fourth-order valence-electron chi connectivity index (χ4n) is 2.65. The average molecular weight is 348 g/mol. The van der Waals surface area contributed by atoms with Crippen LogP contribution < -0.4 is 20.1 Å². The van der Waals surface area contributed by atoms with Crippen molar-refractivity contribution in [1.29, 1.82) is 0 Å². The van der Waals surface area contributed by atoms with Crippen LogP contribution in [0.1, 0.15) is 24.3 Å². The molecule has 3 N–H and O–H groups in total. The number of hydrogen-bond donors (Lipinski definition) is 3. The minimum Gasteiger partial charge on any atom is -0.454 e.